The van der Waals surface area contributed by atoms with Crippen LogP contribution in [-0.4, -0.2) is 13.9 Å². The molecule has 2 aromatic heterocycles. The lowest BCUT2D eigenvalue weighted by atomic mass is 10.1. The molecular formula is C16H11Cl3N2OS. The number of thiophene rings is 1. The van der Waals surface area contributed by atoms with Gasteiger partial charge in [0, 0.05) is 28.4 Å². The van der Waals surface area contributed by atoms with Crippen molar-refractivity contribution in [3.8, 4) is 11.1 Å². The lowest BCUT2D eigenvalue weighted by molar-refractivity contribution is 0.597. The van der Waals surface area contributed by atoms with Gasteiger partial charge in [0.1, 0.15) is 9.16 Å². The molecule has 1 unspecified atom stereocenters. The van der Waals surface area contributed by atoms with E-state index in [1.807, 2.05) is 29.6 Å². The molecule has 1 fully saturated rings. The Bertz CT molecular complexity index is 946. The van der Waals surface area contributed by atoms with E-state index in [0.29, 0.717) is 23.4 Å². The zero-order chi connectivity index (χ0) is 16.2. The Kier molecular flexibility index (Phi) is 3.69. The van der Waals surface area contributed by atoms with Gasteiger partial charge in [0.15, 0.2) is 0 Å². The van der Waals surface area contributed by atoms with E-state index >= 15 is 0 Å². The standard InChI is InChI=1S/C16H11Cl3N2OS/c17-11-3-1-9(2-4-11)12-7-23-14-13(12)15(22)21(8-20-14)6-10-5-16(10,18)19/h1-4,7-8,10H,5-6H2. The first-order chi connectivity index (χ1) is 11.0. The second-order valence-electron chi connectivity index (χ2n) is 5.70. The SMILES string of the molecule is O=c1c2c(-c3ccc(Cl)cc3)csc2ncn1CC1CC1(Cl)Cl. The number of nitrogens with zero attached hydrogens (tertiary/aromatic N) is 2. The molecule has 23 heavy (non-hydrogen) atoms. The fraction of sp³-hybridized carbons (Fsp3) is 0.250. The first-order valence-corrected chi connectivity index (χ1v) is 9.07. The largest absolute Gasteiger partial charge is 0.298 e. The minimum absolute atomic E-state index is 0.0581. The van der Waals surface area contributed by atoms with E-state index in [-0.39, 0.29) is 11.5 Å². The molecule has 0 bridgehead atoms. The van der Waals surface area contributed by atoms with Gasteiger partial charge >= 0.3 is 0 Å². The van der Waals surface area contributed by atoms with Crippen molar-refractivity contribution in [2.24, 2.45) is 5.92 Å². The van der Waals surface area contributed by atoms with Crippen molar-refractivity contribution in [3.63, 3.8) is 0 Å². The van der Waals surface area contributed by atoms with Crippen LogP contribution in [0.2, 0.25) is 5.02 Å². The Hall–Kier alpha value is -1.07. The number of alkyl halides is 2. The van der Waals surface area contributed by atoms with Gasteiger partial charge in [-0.3, -0.25) is 9.36 Å². The summed E-state index contributed by atoms with van der Waals surface area (Å²) in [5.41, 5.74) is 1.78. The summed E-state index contributed by atoms with van der Waals surface area (Å²) < 4.78 is 0.897. The van der Waals surface area contributed by atoms with Crippen LogP contribution in [0.5, 0.6) is 0 Å². The van der Waals surface area contributed by atoms with E-state index < -0.39 is 4.33 Å². The molecular weight excluding hydrogens is 375 g/mol. The molecule has 0 amide bonds. The average Bonchev–Trinajstić information content (AvgIpc) is 2.94. The van der Waals surface area contributed by atoms with Gasteiger partial charge in [-0.25, -0.2) is 4.98 Å². The van der Waals surface area contributed by atoms with Crippen molar-refractivity contribution in [3.05, 3.63) is 51.3 Å². The number of rotatable bonds is 3. The summed E-state index contributed by atoms with van der Waals surface area (Å²) in [5, 5.41) is 3.25. The normalized spacial score (nSPS) is 19.2. The minimum atomic E-state index is -0.706. The van der Waals surface area contributed by atoms with E-state index in [1.165, 1.54) is 11.3 Å². The predicted molar refractivity (Wildman–Crippen MR) is 96.9 cm³/mol. The van der Waals surface area contributed by atoms with Gasteiger partial charge in [-0.1, -0.05) is 23.7 Å². The predicted octanol–water partition coefficient (Wildman–Crippen LogP) is 4.97. The summed E-state index contributed by atoms with van der Waals surface area (Å²) in [4.78, 5) is 18.0. The number of aromatic nitrogens is 2. The Morgan fingerprint density at radius 1 is 1.30 bits per heavy atom. The summed E-state index contributed by atoms with van der Waals surface area (Å²) in [6, 6.07) is 7.44. The van der Waals surface area contributed by atoms with Crippen LogP contribution >= 0.6 is 46.1 Å². The summed E-state index contributed by atoms with van der Waals surface area (Å²) in [7, 11) is 0. The maximum absolute atomic E-state index is 12.8. The third-order valence-corrected chi connectivity index (χ3v) is 6.15. The van der Waals surface area contributed by atoms with E-state index in [0.717, 1.165) is 16.0 Å². The Morgan fingerprint density at radius 2 is 2.00 bits per heavy atom. The molecule has 1 aliphatic rings. The van der Waals surface area contributed by atoms with Crippen LogP contribution in [-0.2, 0) is 6.54 Å². The molecule has 0 N–H and O–H groups in total. The number of halogens is 3. The highest BCUT2D eigenvalue weighted by Gasteiger charge is 2.51. The Balaban J connectivity index is 1.81. The number of benzene rings is 1. The highest BCUT2D eigenvalue weighted by Crippen LogP contribution is 2.53. The van der Waals surface area contributed by atoms with E-state index in [9.17, 15) is 4.79 Å². The van der Waals surface area contributed by atoms with Gasteiger partial charge in [0.2, 0.25) is 0 Å². The maximum atomic E-state index is 12.8. The second kappa shape index (κ2) is 5.49. The quantitative estimate of drug-likeness (QED) is 0.596. The van der Waals surface area contributed by atoms with E-state index in [4.69, 9.17) is 34.8 Å². The minimum Gasteiger partial charge on any atom is -0.298 e. The third-order valence-electron chi connectivity index (χ3n) is 4.09. The van der Waals surface area contributed by atoms with E-state index in [1.54, 1.807) is 10.9 Å². The zero-order valence-corrected chi connectivity index (χ0v) is 14.9. The van der Waals surface area contributed by atoms with Gasteiger partial charge in [-0.05, 0) is 24.1 Å². The highest BCUT2D eigenvalue weighted by molar-refractivity contribution is 7.17. The molecule has 4 rings (SSSR count). The van der Waals surface area contributed by atoms with Crippen molar-refractivity contribution in [1.82, 2.24) is 9.55 Å². The molecule has 3 nitrogen and oxygen atoms in total. The van der Waals surface area contributed by atoms with Crippen molar-refractivity contribution < 1.29 is 0 Å². The molecule has 1 aromatic carbocycles. The highest BCUT2D eigenvalue weighted by atomic mass is 35.5. The van der Waals surface area contributed by atoms with Gasteiger partial charge < -0.3 is 0 Å². The summed E-state index contributed by atoms with van der Waals surface area (Å²) >= 11 is 19.5. The molecule has 118 valence electrons. The van der Waals surface area contributed by atoms with Crippen molar-refractivity contribution in [2.45, 2.75) is 17.3 Å². The molecule has 3 aromatic rings. The van der Waals surface area contributed by atoms with Crippen molar-refractivity contribution in [1.29, 1.82) is 0 Å². The van der Waals surface area contributed by atoms with Gasteiger partial charge in [-0.15, -0.1) is 34.5 Å². The molecule has 0 spiro atoms. The van der Waals surface area contributed by atoms with Crippen molar-refractivity contribution >= 4 is 56.4 Å². The van der Waals surface area contributed by atoms with Gasteiger partial charge in [0.05, 0.1) is 11.7 Å². The molecule has 0 saturated heterocycles. The molecule has 1 atom stereocenters. The fourth-order valence-corrected chi connectivity index (χ4v) is 4.19. The van der Waals surface area contributed by atoms with Gasteiger partial charge in [0.25, 0.3) is 5.56 Å². The molecule has 1 aliphatic carbocycles. The van der Waals surface area contributed by atoms with Crippen LogP contribution in [0.15, 0.2) is 40.8 Å². The molecule has 0 radical (unpaired) electrons. The average molecular weight is 386 g/mol. The maximum Gasteiger partial charge on any atom is 0.262 e. The monoisotopic (exact) mass is 384 g/mol. The molecule has 0 aliphatic heterocycles. The zero-order valence-electron chi connectivity index (χ0n) is 11.8. The molecule has 7 heteroatoms. The number of hydrogen-bond acceptors (Lipinski definition) is 3. The van der Waals surface area contributed by atoms with Crippen LogP contribution < -0.4 is 5.56 Å². The van der Waals surface area contributed by atoms with Crippen molar-refractivity contribution in [2.75, 3.05) is 0 Å². The third kappa shape index (κ3) is 2.78. The number of hydrogen-bond donors (Lipinski definition) is 0. The smallest absolute Gasteiger partial charge is 0.262 e. The van der Waals surface area contributed by atoms with Crippen LogP contribution in [0.25, 0.3) is 21.3 Å². The second-order valence-corrected chi connectivity index (χ2v) is 8.54. The Morgan fingerprint density at radius 3 is 2.65 bits per heavy atom. The lowest BCUT2D eigenvalue weighted by Gasteiger charge is -2.06. The fourth-order valence-electron chi connectivity index (χ4n) is 2.64. The first kappa shape index (κ1) is 15.5. The van der Waals surface area contributed by atoms with Crippen LogP contribution in [0.1, 0.15) is 6.42 Å². The first-order valence-electron chi connectivity index (χ1n) is 7.06. The van der Waals surface area contributed by atoms with Crippen LogP contribution in [0.3, 0.4) is 0 Å². The van der Waals surface area contributed by atoms with Crippen LogP contribution in [0.4, 0.5) is 0 Å². The Labute approximate surface area is 151 Å². The summed E-state index contributed by atoms with van der Waals surface area (Å²) in [5.74, 6) is 0.0976. The van der Waals surface area contributed by atoms with Crippen LogP contribution in [0, 0.1) is 5.92 Å². The summed E-state index contributed by atoms with van der Waals surface area (Å²) in [6.45, 7) is 0.491. The van der Waals surface area contributed by atoms with Gasteiger partial charge in [-0.2, -0.15) is 0 Å². The number of fused-ring (bicyclic) bond motifs is 1. The molecule has 2 heterocycles. The lowest BCUT2D eigenvalue weighted by Crippen LogP contribution is -2.22. The summed E-state index contributed by atoms with van der Waals surface area (Å²) in [6.07, 6.45) is 2.28. The topological polar surface area (TPSA) is 34.9 Å². The van der Waals surface area contributed by atoms with E-state index in [2.05, 4.69) is 4.98 Å². The molecule has 1 saturated carbocycles.